The van der Waals surface area contributed by atoms with Crippen LogP contribution in [0.3, 0.4) is 0 Å². The van der Waals surface area contributed by atoms with Crippen molar-refractivity contribution in [1.29, 1.82) is 0 Å². The van der Waals surface area contributed by atoms with Crippen LogP contribution in [-0.2, 0) is 17.8 Å². The third-order valence-corrected chi connectivity index (χ3v) is 4.25. The van der Waals surface area contributed by atoms with Gasteiger partial charge >= 0.3 is 0 Å². The largest absolute Gasteiger partial charge is 0.387 e. The first-order valence-electron chi connectivity index (χ1n) is 8.51. The molecule has 0 bridgehead atoms. The lowest BCUT2D eigenvalue weighted by molar-refractivity contribution is -0.917. The lowest BCUT2D eigenvalue weighted by atomic mass is 10.2. The summed E-state index contributed by atoms with van der Waals surface area (Å²) in [5.41, 5.74) is 2.12. The molecule has 0 aliphatic carbocycles. The summed E-state index contributed by atoms with van der Waals surface area (Å²) in [6, 6.07) is 10.8. The van der Waals surface area contributed by atoms with E-state index in [9.17, 15) is 9.50 Å². The first-order chi connectivity index (χ1) is 11.6. The van der Waals surface area contributed by atoms with Crippen molar-refractivity contribution in [3.8, 4) is 0 Å². The van der Waals surface area contributed by atoms with Crippen LogP contribution >= 0.6 is 0 Å². The van der Waals surface area contributed by atoms with Crippen LogP contribution in [0.2, 0.25) is 0 Å². The Hall–Kier alpha value is -1.69. The van der Waals surface area contributed by atoms with E-state index in [0.29, 0.717) is 19.7 Å². The van der Waals surface area contributed by atoms with E-state index in [2.05, 4.69) is 10.6 Å². The predicted molar refractivity (Wildman–Crippen MR) is 92.5 cm³/mol. The fraction of sp³-hybridized carbons (Fsp3) is 0.474. The molecule has 1 aromatic carbocycles. The van der Waals surface area contributed by atoms with E-state index >= 15 is 0 Å². The molecular weight excluding hydrogens is 307 g/mol. The van der Waals surface area contributed by atoms with Crippen LogP contribution in [0.15, 0.2) is 42.6 Å². The Balaban J connectivity index is 2.06. The minimum absolute atomic E-state index is 0.209. The zero-order valence-electron chi connectivity index (χ0n) is 14.5. The quantitative estimate of drug-likeness (QED) is 0.690. The van der Waals surface area contributed by atoms with Crippen molar-refractivity contribution in [3.05, 3.63) is 59.7 Å². The first kappa shape index (κ1) is 18.6. The summed E-state index contributed by atoms with van der Waals surface area (Å²) in [4.78, 5) is 1.28. The molecule has 1 unspecified atom stereocenters. The summed E-state index contributed by atoms with van der Waals surface area (Å²) in [6.07, 6.45) is 2.47. The highest BCUT2D eigenvalue weighted by Crippen LogP contribution is 2.09. The smallest absolute Gasteiger partial charge is 0.123 e. The van der Waals surface area contributed by atoms with E-state index in [1.165, 1.54) is 16.7 Å². The Labute approximate surface area is 143 Å². The second-order valence-corrected chi connectivity index (χ2v) is 6.19. The molecule has 0 fully saturated rings. The van der Waals surface area contributed by atoms with Crippen molar-refractivity contribution in [2.24, 2.45) is 0 Å². The number of aliphatic hydroxyl groups excluding tert-OH is 1. The van der Waals surface area contributed by atoms with E-state index < -0.39 is 0 Å². The van der Waals surface area contributed by atoms with Gasteiger partial charge in [0.25, 0.3) is 0 Å². The Morgan fingerprint density at radius 2 is 2.12 bits per heavy atom. The number of aromatic nitrogens is 1. The maximum absolute atomic E-state index is 13.4. The van der Waals surface area contributed by atoms with Gasteiger partial charge in [-0.05, 0) is 36.2 Å². The standard InChI is InChI=1S/C19H27FN2O2/c1-3-19(23)15-21(10-11-24-2)14-18-8-5-9-22(18)13-16-6-4-7-17(20)12-16/h4-9,12,19,23H,3,10-11,13-15H2,1-2H3/p+1/t19-/m0/s1. The van der Waals surface area contributed by atoms with Crippen LogP contribution in [0, 0.1) is 5.82 Å². The highest BCUT2D eigenvalue weighted by Gasteiger charge is 2.16. The number of aliphatic hydroxyl groups is 1. The predicted octanol–water partition coefficient (Wildman–Crippen LogP) is 1.48. The first-order valence-corrected chi connectivity index (χ1v) is 8.51. The van der Waals surface area contributed by atoms with Crippen LogP contribution in [0.4, 0.5) is 4.39 Å². The molecule has 0 radical (unpaired) electrons. The van der Waals surface area contributed by atoms with Crippen molar-refractivity contribution < 1.29 is 19.1 Å². The molecule has 2 rings (SSSR count). The van der Waals surface area contributed by atoms with E-state index in [-0.39, 0.29) is 11.9 Å². The number of quaternary nitrogens is 1. The number of hydrogen-bond acceptors (Lipinski definition) is 2. The summed E-state index contributed by atoms with van der Waals surface area (Å²) in [5, 5.41) is 9.98. The van der Waals surface area contributed by atoms with Gasteiger partial charge in [-0.3, -0.25) is 0 Å². The van der Waals surface area contributed by atoms with E-state index in [0.717, 1.165) is 25.1 Å². The molecule has 1 heterocycles. The maximum Gasteiger partial charge on any atom is 0.123 e. The van der Waals surface area contributed by atoms with Gasteiger partial charge in [-0.2, -0.15) is 0 Å². The monoisotopic (exact) mass is 335 g/mol. The minimum atomic E-state index is -0.302. The molecule has 1 aromatic heterocycles. The van der Waals surface area contributed by atoms with Gasteiger partial charge < -0.3 is 19.3 Å². The summed E-state index contributed by atoms with van der Waals surface area (Å²) in [5.74, 6) is -0.209. The number of halogens is 1. The fourth-order valence-electron chi connectivity index (χ4n) is 2.84. The normalized spacial score (nSPS) is 13.8. The van der Waals surface area contributed by atoms with Crippen LogP contribution in [0.5, 0.6) is 0 Å². The number of hydrogen-bond donors (Lipinski definition) is 2. The van der Waals surface area contributed by atoms with Gasteiger partial charge in [0.05, 0.1) is 12.3 Å². The summed E-state index contributed by atoms with van der Waals surface area (Å²) < 4.78 is 20.7. The number of benzene rings is 1. The van der Waals surface area contributed by atoms with Crippen molar-refractivity contribution in [3.63, 3.8) is 0 Å². The molecule has 4 nitrogen and oxygen atoms in total. The van der Waals surface area contributed by atoms with Gasteiger partial charge in [0.15, 0.2) is 0 Å². The van der Waals surface area contributed by atoms with Gasteiger partial charge in [-0.15, -0.1) is 0 Å². The van der Waals surface area contributed by atoms with Crippen LogP contribution in [0.25, 0.3) is 0 Å². The Morgan fingerprint density at radius 3 is 2.83 bits per heavy atom. The molecule has 0 saturated heterocycles. The van der Waals surface area contributed by atoms with Crippen LogP contribution < -0.4 is 4.90 Å². The molecule has 2 aromatic rings. The highest BCUT2D eigenvalue weighted by atomic mass is 19.1. The van der Waals surface area contributed by atoms with Crippen molar-refractivity contribution in [2.75, 3.05) is 26.8 Å². The molecule has 0 aliphatic rings. The maximum atomic E-state index is 13.4. The van der Waals surface area contributed by atoms with Gasteiger partial charge in [0.2, 0.25) is 0 Å². The van der Waals surface area contributed by atoms with Crippen molar-refractivity contribution in [1.82, 2.24) is 4.57 Å². The number of methoxy groups -OCH3 is 1. The minimum Gasteiger partial charge on any atom is -0.387 e. The molecule has 0 amide bonds. The van der Waals surface area contributed by atoms with Gasteiger partial charge in [-0.25, -0.2) is 4.39 Å². The number of rotatable bonds is 10. The molecule has 132 valence electrons. The van der Waals surface area contributed by atoms with Gasteiger partial charge in [-0.1, -0.05) is 19.1 Å². The lowest BCUT2D eigenvalue weighted by Crippen LogP contribution is -3.12. The zero-order valence-corrected chi connectivity index (χ0v) is 14.5. The Kier molecular flexibility index (Phi) is 7.43. The van der Waals surface area contributed by atoms with E-state index in [4.69, 9.17) is 4.74 Å². The molecule has 2 N–H and O–H groups in total. The second-order valence-electron chi connectivity index (χ2n) is 6.19. The molecule has 0 aliphatic heterocycles. The molecule has 5 heteroatoms. The van der Waals surface area contributed by atoms with Crippen LogP contribution in [0.1, 0.15) is 24.6 Å². The summed E-state index contributed by atoms with van der Waals surface area (Å²) in [6.45, 7) is 5.65. The second kappa shape index (κ2) is 9.57. The van der Waals surface area contributed by atoms with Crippen molar-refractivity contribution in [2.45, 2.75) is 32.5 Å². The number of ether oxygens (including phenoxy) is 1. The lowest BCUT2D eigenvalue weighted by Gasteiger charge is -2.22. The molecule has 24 heavy (non-hydrogen) atoms. The van der Waals surface area contributed by atoms with E-state index in [1.54, 1.807) is 19.2 Å². The highest BCUT2D eigenvalue weighted by molar-refractivity contribution is 5.18. The third kappa shape index (κ3) is 5.74. The summed E-state index contributed by atoms with van der Waals surface area (Å²) >= 11 is 0. The van der Waals surface area contributed by atoms with Crippen molar-refractivity contribution >= 4 is 0 Å². The van der Waals surface area contributed by atoms with E-state index in [1.807, 2.05) is 25.3 Å². The fourth-order valence-corrected chi connectivity index (χ4v) is 2.84. The third-order valence-electron chi connectivity index (χ3n) is 4.25. The molecular formula is C19H28FN2O2+. The zero-order chi connectivity index (χ0) is 17.4. The topological polar surface area (TPSA) is 38.8 Å². The molecule has 0 saturated carbocycles. The number of nitrogens with one attached hydrogen (secondary N) is 1. The average Bonchev–Trinajstić information content (AvgIpc) is 2.99. The average molecular weight is 335 g/mol. The van der Waals surface area contributed by atoms with Gasteiger partial charge in [0.1, 0.15) is 31.6 Å². The molecule has 2 atom stereocenters. The van der Waals surface area contributed by atoms with Crippen LogP contribution in [-0.4, -0.2) is 42.6 Å². The number of nitrogens with zero attached hydrogens (tertiary/aromatic N) is 1. The Morgan fingerprint density at radius 1 is 1.29 bits per heavy atom. The SMILES string of the molecule is CC[C@H](O)C[NH+](CCOC)Cc1cccn1Cc1cccc(F)c1. The Bertz CT molecular complexity index is 615. The molecule has 0 spiro atoms. The summed E-state index contributed by atoms with van der Waals surface area (Å²) in [7, 11) is 1.69. The van der Waals surface area contributed by atoms with Gasteiger partial charge in [0, 0.05) is 19.9 Å².